The van der Waals surface area contributed by atoms with E-state index in [1.54, 1.807) is 12.4 Å². The monoisotopic (exact) mass is 351 g/mol. The van der Waals surface area contributed by atoms with Gasteiger partial charge in [-0.2, -0.15) is 11.8 Å². The van der Waals surface area contributed by atoms with Gasteiger partial charge in [0.05, 0.1) is 0 Å². The molecule has 24 heavy (non-hydrogen) atoms. The number of likely N-dealkylation sites (tertiary alicyclic amines) is 1. The van der Waals surface area contributed by atoms with E-state index >= 15 is 0 Å². The number of nitrogens with zero attached hydrogens (tertiary/aromatic N) is 3. The number of hydrogen-bond donors (Lipinski definition) is 0. The molecule has 2 aliphatic rings. The summed E-state index contributed by atoms with van der Waals surface area (Å²) in [7, 11) is 0. The molecule has 0 bridgehead atoms. The van der Waals surface area contributed by atoms with Crippen molar-refractivity contribution in [3.8, 4) is 11.8 Å². The van der Waals surface area contributed by atoms with Crippen molar-refractivity contribution in [2.24, 2.45) is 0 Å². The fourth-order valence-corrected chi connectivity index (χ4v) is 3.88. The minimum Gasteiger partial charge on any atom is -0.471 e. The van der Waals surface area contributed by atoms with Gasteiger partial charge in [-0.1, -0.05) is 6.42 Å². The zero-order chi connectivity index (χ0) is 16.6. The lowest BCUT2D eigenvalue weighted by Gasteiger charge is -2.32. The van der Waals surface area contributed by atoms with Gasteiger partial charge in [-0.3, -0.25) is 0 Å². The molecule has 6 heteroatoms. The average molecular weight is 352 g/mol. The maximum Gasteiger partial charge on any atom is 0.278 e. The zero-order valence-electron chi connectivity index (χ0n) is 14.7. The summed E-state index contributed by atoms with van der Waals surface area (Å²) in [5.41, 5.74) is 0. The SMILES string of the molecule is CSCCN1CCC(Oc2nccnc2OC2CCCCC2)CC1. The third-order valence-corrected chi connectivity index (χ3v) is 5.48. The average Bonchev–Trinajstić information content (AvgIpc) is 2.64. The molecule has 2 fully saturated rings. The third-order valence-electron chi connectivity index (χ3n) is 4.89. The molecule has 0 unspecified atom stereocenters. The van der Waals surface area contributed by atoms with E-state index in [0.717, 1.165) is 38.8 Å². The van der Waals surface area contributed by atoms with Gasteiger partial charge in [0.2, 0.25) is 0 Å². The summed E-state index contributed by atoms with van der Waals surface area (Å²) in [6.07, 6.45) is 14.2. The highest BCUT2D eigenvalue weighted by molar-refractivity contribution is 7.98. The summed E-state index contributed by atoms with van der Waals surface area (Å²) in [5.74, 6) is 2.36. The van der Waals surface area contributed by atoms with Crippen LogP contribution in [0.15, 0.2) is 12.4 Å². The van der Waals surface area contributed by atoms with Crippen LogP contribution >= 0.6 is 11.8 Å². The van der Waals surface area contributed by atoms with E-state index in [4.69, 9.17) is 9.47 Å². The highest BCUT2D eigenvalue weighted by Gasteiger charge is 2.24. The van der Waals surface area contributed by atoms with Gasteiger partial charge < -0.3 is 14.4 Å². The van der Waals surface area contributed by atoms with Crippen LogP contribution in [-0.2, 0) is 0 Å². The van der Waals surface area contributed by atoms with Crippen LogP contribution in [0.25, 0.3) is 0 Å². The molecule has 2 heterocycles. The summed E-state index contributed by atoms with van der Waals surface area (Å²) < 4.78 is 12.2. The summed E-state index contributed by atoms with van der Waals surface area (Å²) in [6.45, 7) is 3.38. The van der Waals surface area contributed by atoms with E-state index in [-0.39, 0.29) is 12.2 Å². The van der Waals surface area contributed by atoms with Crippen LogP contribution in [-0.4, -0.2) is 58.7 Å². The molecule has 1 aromatic heterocycles. The van der Waals surface area contributed by atoms with E-state index in [9.17, 15) is 0 Å². The maximum atomic E-state index is 6.15. The normalized spacial score (nSPS) is 20.9. The van der Waals surface area contributed by atoms with E-state index in [1.165, 1.54) is 31.6 Å². The van der Waals surface area contributed by atoms with Gasteiger partial charge in [-0.15, -0.1) is 0 Å². The van der Waals surface area contributed by atoms with E-state index in [1.807, 2.05) is 11.8 Å². The van der Waals surface area contributed by atoms with Gasteiger partial charge in [0.25, 0.3) is 11.8 Å². The Morgan fingerprint density at radius 3 is 2.12 bits per heavy atom. The quantitative estimate of drug-likeness (QED) is 0.750. The third kappa shape index (κ3) is 5.24. The van der Waals surface area contributed by atoms with Crippen LogP contribution in [0.4, 0.5) is 0 Å². The van der Waals surface area contributed by atoms with E-state index in [0.29, 0.717) is 11.8 Å². The standard InChI is InChI=1S/C18H29N3O2S/c1-24-14-13-21-11-7-16(8-12-21)23-18-17(19-9-10-20-18)22-15-5-3-2-4-6-15/h9-10,15-16H,2-8,11-14H2,1H3. The number of rotatable bonds is 7. The molecule has 134 valence electrons. The Hall–Kier alpha value is -1.01. The minimum atomic E-state index is 0.223. The minimum absolute atomic E-state index is 0.223. The molecule has 1 aliphatic carbocycles. The molecular weight excluding hydrogens is 322 g/mol. The Labute approximate surface area is 149 Å². The van der Waals surface area contributed by atoms with Gasteiger partial charge >= 0.3 is 0 Å². The van der Waals surface area contributed by atoms with Gasteiger partial charge in [-0.05, 0) is 44.8 Å². The molecule has 1 aliphatic heterocycles. The molecule has 0 aromatic carbocycles. The molecule has 5 nitrogen and oxygen atoms in total. The summed E-state index contributed by atoms with van der Waals surface area (Å²) in [4.78, 5) is 11.3. The first-order chi connectivity index (χ1) is 11.8. The van der Waals surface area contributed by atoms with Gasteiger partial charge in [-0.25, -0.2) is 9.97 Å². The second-order valence-electron chi connectivity index (χ2n) is 6.70. The van der Waals surface area contributed by atoms with Crippen molar-refractivity contribution in [1.82, 2.24) is 14.9 Å². The van der Waals surface area contributed by atoms with Gasteiger partial charge in [0.1, 0.15) is 12.2 Å². The molecule has 1 aromatic rings. The van der Waals surface area contributed by atoms with Crippen molar-refractivity contribution in [2.45, 2.75) is 57.2 Å². The molecule has 3 rings (SSSR count). The Balaban J connectivity index is 1.52. The van der Waals surface area contributed by atoms with Gasteiger partial charge in [0, 0.05) is 37.8 Å². The van der Waals surface area contributed by atoms with Crippen molar-refractivity contribution in [3.63, 3.8) is 0 Å². The Morgan fingerprint density at radius 1 is 0.958 bits per heavy atom. The zero-order valence-corrected chi connectivity index (χ0v) is 15.5. The second kappa shape index (κ2) is 9.47. The largest absolute Gasteiger partial charge is 0.471 e. The summed E-state index contributed by atoms with van der Waals surface area (Å²) in [5, 5.41) is 0. The molecular formula is C18H29N3O2S. The summed E-state index contributed by atoms with van der Waals surface area (Å²) >= 11 is 1.91. The van der Waals surface area contributed by atoms with Crippen LogP contribution in [0.2, 0.25) is 0 Å². The topological polar surface area (TPSA) is 47.5 Å². The molecule has 0 radical (unpaired) electrons. The highest BCUT2D eigenvalue weighted by Crippen LogP contribution is 2.29. The molecule has 0 N–H and O–H groups in total. The van der Waals surface area contributed by atoms with Crippen molar-refractivity contribution >= 4 is 11.8 Å². The van der Waals surface area contributed by atoms with Crippen molar-refractivity contribution in [2.75, 3.05) is 31.6 Å². The second-order valence-corrected chi connectivity index (χ2v) is 7.68. The van der Waals surface area contributed by atoms with Crippen LogP contribution in [0.5, 0.6) is 11.8 Å². The number of ether oxygens (including phenoxy) is 2. The van der Waals surface area contributed by atoms with Crippen LogP contribution in [0.1, 0.15) is 44.9 Å². The smallest absolute Gasteiger partial charge is 0.278 e. The first-order valence-corrected chi connectivity index (χ1v) is 10.6. The summed E-state index contributed by atoms with van der Waals surface area (Å²) in [6, 6.07) is 0. The first-order valence-electron chi connectivity index (χ1n) is 9.21. The fraction of sp³-hybridized carbons (Fsp3) is 0.778. The molecule has 0 atom stereocenters. The van der Waals surface area contributed by atoms with Crippen LogP contribution in [0, 0.1) is 0 Å². The maximum absolute atomic E-state index is 6.15. The predicted molar refractivity (Wildman–Crippen MR) is 98.0 cm³/mol. The van der Waals surface area contributed by atoms with Crippen molar-refractivity contribution in [1.29, 1.82) is 0 Å². The van der Waals surface area contributed by atoms with Crippen LogP contribution < -0.4 is 9.47 Å². The molecule has 1 saturated carbocycles. The molecule has 0 spiro atoms. The van der Waals surface area contributed by atoms with Gasteiger partial charge in [0.15, 0.2) is 0 Å². The fourth-order valence-electron chi connectivity index (χ4n) is 3.44. The number of hydrogen-bond acceptors (Lipinski definition) is 6. The number of thioether (sulfide) groups is 1. The highest BCUT2D eigenvalue weighted by atomic mass is 32.2. The number of aromatic nitrogens is 2. The van der Waals surface area contributed by atoms with Crippen molar-refractivity contribution < 1.29 is 9.47 Å². The molecule has 0 amide bonds. The van der Waals surface area contributed by atoms with Crippen molar-refractivity contribution in [3.05, 3.63) is 12.4 Å². The predicted octanol–water partition coefficient (Wildman–Crippen LogP) is 3.39. The lowest BCUT2D eigenvalue weighted by atomic mass is 9.98. The lowest BCUT2D eigenvalue weighted by molar-refractivity contribution is 0.0870. The molecule has 1 saturated heterocycles. The first kappa shape index (κ1) is 17.8. The Bertz CT molecular complexity index is 489. The van der Waals surface area contributed by atoms with Crippen LogP contribution in [0.3, 0.4) is 0 Å². The lowest BCUT2D eigenvalue weighted by Crippen LogP contribution is -2.39. The van der Waals surface area contributed by atoms with E-state index < -0.39 is 0 Å². The Morgan fingerprint density at radius 2 is 1.54 bits per heavy atom. The number of piperidine rings is 1. The van der Waals surface area contributed by atoms with E-state index in [2.05, 4.69) is 21.1 Å². The Kier molecular flexibility index (Phi) is 7.02.